The zero-order chi connectivity index (χ0) is 26.7. The molecular formula is C28H30N2O6S. The monoisotopic (exact) mass is 522 g/mol. The van der Waals surface area contributed by atoms with Crippen LogP contribution in [0, 0.1) is 0 Å². The number of nitrogens with zero attached hydrogens (tertiary/aromatic N) is 2. The lowest BCUT2D eigenvalue weighted by atomic mass is 9.96. The number of aromatic nitrogens is 1. The van der Waals surface area contributed by atoms with Gasteiger partial charge in [0.15, 0.2) is 4.80 Å². The molecule has 1 aliphatic rings. The largest absolute Gasteiger partial charge is 0.497 e. The van der Waals surface area contributed by atoms with Gasteiger partial charge >= 0.3 is 5.97 Å². The average Bonchev–Trinajstić information content (AvgIpc) is 3.17. The van der Waals surface area contributed by atoms with Gasteiger partial charge in [-0.2, -0.15) is 0 Å². The summed E-state index contributed by atoms with van der Waals surface area (Å²) in [5, 5.41) is 0. The van der Waals surface area contributed by atoms with Crippen LogP contribution >= 0.6 is 11.3 Å². The molecular weight excluding hydrogens is 492 g/mol. The number of carbonyl (C=O) groups is 1. The zero-order valence-electron chi connectivity index (χ0n) is 21.7. The molecule has 2 heterocycles. The van der Waals surface area contributed by atoms with Crippen molar-refractivity contribution in [3.8, 4) is 17.2 Å². The van der Waals surface area contributed by atoms with Gasteiger partial charge in [0.2, 0.25) is 0 Å². The fourth-order valence-corrected chi connectivity index (χ4v) is 5.24. The van der Waals surface area contributed by atoms with E-state index >= 15 is 0 Å². The quantitative estimate of drug-likeness (QED) is 0.420. The number of esters is 1. The molecule has 0 radical (unpaired) electrons. The van der Waals surface area contributed by atoms with Crippen LogP contribution < -0.4 is 29.1 Å². The molecule has 9 heteroatoms. The molecule has 4 rings (SSSR count). The third kappa shape index (κ3) is 5.32. The zero-order valence-corrected chi connectivity index (χ0v) is 22.5. The van der Waals surface area contributed by atoms with Gasteiger partial charge in [0, 0.05) is 5.56 Å². The van der Waals surface area contributed by atoms with Gasteiger partial charge < -0.3 is 18.9 Å². The number of methoxy groups -OCH3 is 2. The molecule has 3 aromatic rings. The smallest absolute Gasteiger partial charge is 0.338 e. The highest BCUT2D eigenvalue weighted by Crippen LogP contribution is 2.32. The summed E-state index contributed by atoms with van der Waals surface area (Å²) >= 11 is 1.25. The van der Waals surface area contributed by atoms with Crippen LogP contribution in [0.2, 0.25) is 0 Å². The topological polar surface area (TPSA) is 88.4 Å². The highest BCUT2D eigenvalue weighted by Gasteiger charge is 2.33. The SMILES string of the molecule is CCOC(=O)C1=C(C)N=c2sc(=Cc3cc(OC)ccc3OC)c(=O)n2[C@H]1c1ccc(OC(C)C)cc1. The molecule has 37 heavy (non-hydrogen) atoms. The first-order valence-electron chi connectivity index (χ1n) is 12.0. The number of allylic oxidation sites excluding steroid dienone is 1. The van der Waals surface area contributed by atoms with E-state index in [4.69, 9.17) is 18.9 Å². The van der Waals surface area contributed by atoms with Crippen LogP contribution in [0.3, 0.4) is 0 Å². The number of ether oxygens (including phenoxy) is 4. The Hall–Kier alpha value is -3.85. The minimum Gasteiger partial charge on any atom is -0.497 e. The van der Waals surface area contributed by atoms with Gasteiger partial charge in [0.25, 0.3) is 5.56 Å². The van der Waals surface area contributed by atoms with Crippen LogP contribution in [-0.4, -0.2) is 37.5 Å². The molecule has 2 aromatic carbocycles. The maximum Gasteiger partial charge on any atom is 0.338 e. The molecule has 8 nitrogen and oxygen atoms in total. The van der Waals surface area contributed by atoms with Gasteiger partial charge in [-0.05, 0) is 69.7 Å². The van der Waals surface area contributed by atoms with Crippen molar-refractivity contribution in [3.63, 3.8) is 0 Å². The normalized spacial score (nSPS) is 15.3. The Morgan fingerprint density at radius 3 is 2.43 bits per heavy atom. The lowest BCUT2D eigenvalue weighted by molar-refractivity contribution is -0.139. The summed E-state index contributed by atoms with van der Waals surface area (Å²) in [4.78, 5) is 32.0. The summed E-state index contributed by atoms with van der Waals surface area (Å²) in [5.74, 6) is 1.45. The van der Waals surface area contributed by atoms with Gasteiger partial charge in [0.05, 0.1) is 48.8 Å². The second-order valence-electron chi connectivity index (χ2n) is 8.65. The highest BCUT2D eigenvalue weighted by molar-refractivity contribution is 7.07. The third-order valence-electron chi connectivity index (χ3n) is 5.81. The van der Waals surface area contributed by atoms with E-state index in [0.29, 0.717) is 43.4 Å². The van der Waals surface area contributed by atoms with E-state index in [1.807, 2.05) is 38.1 Å². The van der Waals surface area contributed by atoms with Crippen LogP contribution in [0.5, 0.6) is 17.2 Å². The predicted octanol–water partition coefficient (Wildman–Crippen LogP) is 3.60. The van der Waals surface area contributed by atoms with Gasteiger partial charge in [-0.25, -0.2) is 9.79 Å². The van der Waals surface area contributed by atoms with Crippen LogP contribution in [0.1, 0.15) is 44.9 Å². The summed E-state index contributed by atoms with van der Waals surface area (Å²) in [7, 11) is 3.15. The Morgan fingerprint density at radius 2 is 1.81 bits per heavy atom. The van der Waals surface area contributed by atoms with Crippen LogP contribution in [0.15, 0.2) is 63.5 Å². The van der Waals surface area contributed by atoms with E-state index in [0.717, 1.165) is 5.56 Å². The fraction of sp³-hybridized carbons (Fsp3) is 0.321. The molecule has 0 bridgehead atoms. The van der Waals surface area contributed by atoms with Crippen LogP contribution in [-0.2, 0) is 9.53 Å². The summed E-state index contributed by atoms with van der Waals surface area (Å²) in [6.07, 6.45) is 1.78. The number of rotatable bonds is 8. The lowest BCUT2D eigenvalue weighted by Crippen LogP contribution is -2.39. The molecule has 0 fully saturated rings. The molecule has 1 aliphatic heterocycles. The number of benzene rings is 2. The van der Waals surface area contributed by atoms with Crippen LogP contribution in [0.25, 0.3) is 6.08 Å². The van der Waals surface area contributed by atoms with Crippen molar-refractivity contribution in [2.75, 3.05) is 20.8 Å². The summed E-state index contributed by atoms with van der Waals surface area (Å²) in [5.41, 5.74) is 2.02. The molecule has 0 aliphatic carbocycles. The standard InChI is InChI=1S/C28H30N2O6S/c1-7-35-27(32)24-17(4)29-28-30(25(24)18-8-10-20(11-9-18)36-16(2)3)26(31)23(37-28)15-19-14-21(33-5)12-13-22(19)34-6/h8-16,25H,7H2,1-6H3/t25-/m0/s1. The summed E-state index contributed by atoms with van der Waals surface area (Å²) < 4.78 is 24.0. The lowest BCUT2D eigenvalue weighted by Gasteiger charge is -2.25. The average molecular weight is 523 g/mol. The maximum atomic E-state index is 13.8. The second-order valence-corrected chi connectivity index (χ2v) is 9.65. The van der Waals surface area contributed by atoms with E-state index < -0.39 is 12.0 Å². The van der Waals surface area contributed by atoms with Crippen molar-refractivity contribution in [1.82, 2.24) is 4.57 Å². The highest BCUT2D eigenvalue weighted by atomic mass is 32.1. The van der Waals surface area contributed by atoms with Gasteiger partial charge in [-0.3, -0.25) is 9.36 Å². The van der Waals surface area contributed by atoms with Gasteiger partial charge in [-0.1, -0.05) is 23.5 Å². The van der Waals surface area contributed by atoms with Crippen molar-refractivity contribution in [1.29, 1.82) is 0 Å². The van der Waals surface area contributed by atoms with E-state index in [1.165, 1.54) is 11.3 Å². The van der Waals surface area contributed by atoms with E-state index in [9.17, 15) is 9.59 Å². The molecule has 194 valence electrons. The molecule has 1 aromatic heterocycles. The molecule has 0 N–H and O–H groups in total. The predicted molar refractivity (Wildman–Crippen MR) is 142 cm³/mol. The van der Waals surface area contributed by atoms with E-state index in [2.05, 4.69) is 4.99 Å². The number of fused-ring (bicyclic) bond motifs is 1. The summed E-state index contributed by atoms with van der Waals surface area (Å²) in [6.45, 7) is 7.63. The van der Waals surface area contributed by atoms with Crippen molar-refractivity contribution in [2.24, 2.45) is 4.99 Å². The maximum absolute atomic E-state index is 13.8. The molecule has 0 unspecified atom stereocenters. The number of thiazole rings is 1. The Kier molecular flexibility index (Phi) is 7.83. The Balaban J connectivity index is 1.92. The minimum absolute atomic E-state index is 0.0226. The number of hydrogen-bond acceptors (Lipinski definition) is 8. The van der Waals surface area contributed by atoms with E-state index in [-0.39, 0.29) is 18.3 Å². The first kappa shape index (κ1) is 26.2. The molecule has 0 amide bonds. The molecule has 0 saturated heterocycles. The van der Waals surface area contributed by atoms with Gasteiger partial charge in [-0.15, -0.1) is 0 Å². The number of hydrogen-bond donors (Lipinski definition) is 0. The van der Waals surface area contributed by atoms with Crippen molar-refractivity contribution in [3.05, 3.63) is 84.5 Å². The second kappa shape index (κ2) is 11.0. The van der Waals surface area contributed by atoms with Crippen molar-refractivity contribution in [2.45, 2.75) is 39.8 Å². The first-order valence-corrected chi connectivity index (χ1v) is 12.8. The Labute approximate surface area is 219 Å². The molecule has 0 spiro atoms. The van der Waals surface area contributed by atoms with Crippen molar-refractivity contribution >= 4 is 23.4 Å². The number of carbonyl (C=O) groups excluding carboxylic acids is 1. The summed E-state index contributed by atoms with van der Waals surface area (Å²) in [6, 6.07) is 12.1. The minimum atomic E-state index is -0.697. The Bertz CT molecular complexity index is 1520. The van der Waals surface area contributed by atoms with E-state index in [1.54, 1.807) is 56.9 Å². The Morgan fingerprint density at radius 1 is 1.11 bits per heavy atom. The van der Waals surface area contributed by atoms with Crippen molar-refractivity contribution < 1.29 is 23.7 Å². The third-order valence-corrected chi connectivity index (χ3v) is 6.79. The molecule has 0 saturated carbocycles. The van der Waals surface area contributed by atoms with Crippen LogP contribution in [0.4, 0.5) is 0 Å². The fourth-order valence-electron chi connectivity index (χ4n) is 4.20. The molecule has 1 atom stereocenters. The van der Waals surface area contributed by atoms with Gasteiger partial charge in [0.1, 0.15) is 17.2 Å². The first-order chi connectivity index (χ1) is 17.8.